The molecule has 0 aliphatic carbocycles. The maximum absolute atomic E-state index is 5.48. The summed E-state index contributed by atoms with van der Waals surface area (Å²) < 4.78 is 5.48. The first-order valence-corrected chi connectivity index (χ1v) is 11.0. The van der Waals surface area contributed by atoms with Gasteiger partial charge >= 0.3 is 0 Å². The number of aromatic nitrogens is 3. The van der Waals surface area contributed by atoms with Crippen molar-refractivity contribution in [2.24, 2.45) is 0 Å². The summed E-state index contributed by atoms with van der Waals surface area (Å²) in [6, 6.07) is 16.6. The largest absolute Gasteiger partial charge is 0.378 e. The van der Waals surface area contributed by atoms with Crippen LogP contribution in [0.1, 0.15) is 30.9 Å². The molecule has 0 spiro atoms. The topological polar surface area (TPSA) is 75.2 Å². The molecule has 2 heterocycles. The molecule has 1 saturated heterocycles. The fourth-order valence-electron chi connectivity index (χ4n) is 3.41. The molecule has 0 bridgehead atoms. The van der Waals surface area contributed by atoms with E-state index in [1.807, 2.05) is 12.1 Å². The predicted octanol–water partition coefficient (Wildman–Crippen LogP) is 4.85. The van der Waals surface area contributed by atoms with Crippen molar-refractivity contribution in [3.63, 3.8) is 0 Å². The highest BCUT2D eigenvalue weighted by atomic mass is 16.5. The van der Waals surface area contributed by atoms with E-state index in [1.54, 1.807) is 0 Å². The molecule has 1 fully saturated rings. The Morgan fingerprint density at radius 3 is 2.00 bits per heavy atom. The van der Waals surface area contributed by atoms with Gasteiger partial charge in [0.25, 0.3) is 0 Å². The van der Waals surface area contributed by atoms with Gasteiger partial charge in [0.2, 0.25) is 17.8 Å². The molecule has 7 heteroatoms. The Labute approximate surface area is 183 Å². The fraction of sp³-hybridized carbons (Fsp3) is 0.375. The van der Waals surface area contributed by atoms with E-state index in [2.05, 4.69) is 80.7 Å². The fourth-order valence-corrected chi connectivity index (χ4v) is 3.41. The Morgan fingerprint density at radius 1 is 0.839 bits per heavy atom. The number of anilines is 5. The molecule has 1 aliphatic rings. The zero-order valence-corrected chi connectivity index (χ0v) is 18.3. The van der Waals surface area contributed by atoms with Crippen molar-refractivity contribution in [3.8, 4) is 0 Å². The number of ether oxygens (including phenoxy) is 1. The first-order chi connectivity index (χ1) is 15.2. The number of aryl methyl sites for hydroxylation is 2. The van der Waals surface area contributed by atoms with E-state index in [0.29, 0.717) is 31.1 Å². The molecular formula is C24H30N6O. The quantitative estimate of drug-likeness (QED) is 0.542. The van der Waals surface area contributed by atoms with Gasteiger partial charge in [0.15, 0.2) is 0 Å². The van der Waals surface area contributed by atoms with E-state index < -0.39 is 0 Å². The van der Waals surface area contributed by atoms with Crippen LogP contribution in [0.5, 0.6) is 0 Å². The number of rotatable bonds is 8. The molecule has 0 radical (unpaired) electrons. The molecule has 0 unspecified atom stereocenters. The number of benzene rings is 2. The van der Waals surface area contributed by atoms with E-state index in [0.717, 1.165) is 30.9 Å². The average molecular weight is 419 g/mol. The molecule has 0 atom stereocenters. The molecular weight excluding hydrogens is 388 g/mol. The minimum atomic E-state index is 0.516. The van der Waals surface area contributed by atoms with Gasteiger partial charge in [0.1, 0.15) is 0 Å². The zero-order valence-electron chi connectivity index (χ0n) is 18.3. The SMILES string of the molecule is CCCCc1ccc(Nc2nc(Nc3ccc(C)cc3)nc(N3CCOCC3)n2)cc1. The third kappa shape index (κ3) is 5.92. The molecule has 2 N–H and O–H groups in total. The Kier molecular flexibility index (Phi) is 6.94. The summed E-state index contributed by atoms with van der Waals surface area (Å²) >= 11 is 0. The summed E-state index contributed by atoms with van der Waals surface area (Å²) in [6.45, 7) is 7.16. The van der Waals surface area contributed by atoms with Gasteiger partial charge in [0, 0.05) is 24.5 Å². The summed E-state index contributed by atoms with van der Waals surface area (Å²) in [5, 5.41) is 6.65. The molecule has 31 heavy (non-hydrogen) atoms. The van der Waals surface area contributed by atoms with Gasteiger partial charge in [-0.15, -0.1) is 0 Å². The van der Waals surface area contributed by atoms with Gasteiger partial charge in [-0.3, -0.25) is 0 Å². The summed E-state index contributed by atoms with van der Waals surface area (Å²) in [5.74, 6) is 1.69. The highest BCUT2D eigenvalue weighted by molar-refractivity contribution is 5.60. The monoisotopic (exact) mass is 418 g/mol. The summed E-state index contributed by atoms with van der Waals surface area (Å²) in [7, 11) is 0. The third-order valence-electron chi connectivity index (χ3n) is 5.25. The highest BCUT2D eigenvalue weighted by Crippen LogP contribution is 2.22. The van der Waals surface area contributed by atoms with Gasteiger partial charge in [-0.05, 0) is 49.6 Å². The van der Waals surface area contributed by atoms with Crippen LogP contribution in [0.25, 0.3) is 0 Å². The molecule has 0 amide bonds. The molecule has 1 aliphatic heterocycles. The number of nitrogens with zero attached hydrogens (tertiary/aromatic N) is 4. The minimum absolute atomic E-state index is 0.516. The lowest BCUT2D eigenvalue weighted by Crippen LogP contribution is -2.37. The second kappa shape index (κ2) is 10.2. The number of morpholine rings is 1. The van der Waals surface area contributed by atoms with Crippen LogP contribution in [0.3, 0.4) is 0 Å². The van der Waals surface area contributed by atoms with Crippen LogP contribution in [-0.2, 0) is 11.2 Å². The van der Waals surface area contributed by atoms with Crippen molar-refractivity contribution in [2.75, 3.05) is 41.8 Å². The summed E-state index contributed by atoms with van der Waals surface area (Å²) in [5.41, 5.74) is 4.45. The van der Waals surface area contributed by atoms with Gasteiger partial charge in [-0.1, -0.05) is 43.2 Å². The van der Waals surface area contributed by atoms with Crippen LogP contribution >= 0.6 is 0 Å². The van der Waals surface area contributed by atoms with Crippen LogP contribution in [0.15, 0.2) is 48.5 Å². The molecule has 162 valence electrons. The first-order valence-electron chi connectivity index (χ1n) is 11.0. The van der Waals surface area contributed by atoms with Crippen LogP contribution in [0.2, 0.25) is 0 Å². The van der Waals surface area contributed by atoms with Crippen molar-refractivity contribution in [3.05, 3.63) is 59.7 Å². The van der Waals surface area contributed by atoms with Crippen molar-refractivity contribution < 1.29 is 4.74 Å². The molecule has 3 aromatic rings. The van der Waals surface area contributed by atoms with E-state index >= 15 is 0 Å². The summed E-state index contributed by atoms with van der Waals surface area (Å²) in [4.78, 5) is 16.1. The maximum atomic E-state index is 5.48. The number of hydrogen-bond donors (Lipinski definition) is 2. The Balaban J connectivity index is 1.56. The van der Waals surface area contributed by atoms with Crippen molar-refractivity contribution >= 4 is 29.2 Å². The predicted molar refractivity (Wildman–Crippen MR) is 126 cm³/mol. The maximum Gasteiger partial charge on any atom is 0.233 e. The lowest BCUT2D eigenvalue weighted by atomic mass is 10.1. The van der Waals surface area contributed by atoms with Gasteiger partial charge in [-0.25, -0.2) is 0 Å². The van der Waals surface area contributed by atoms with Crippen LogP contribution in [0.4, 0.5) is 29.2 Å². The van der Waals surface area contributed by atoms with Gasteiger partial charge in [-0.2, -0.15) is 15.0 Å². The molecule has 7 nitrogen and oxygen atoms in total. The highest BCUT2D eigenvalue weighted by Gasteiger charge is 2.17. The van der Waals surface area contributed by atoms with Gasteiger partial charge in [0.05, 0.1) is 13.2 Å². The van der Waals surface area contributed by atoms with E-state index in [1.165, 1.54) is 24.0 Å². The first kappa shape index (κ1) is 21.1. The second-order valence-corrected chi connectivity index (χ2v) is 7.80. The van der Waals surface area contributed by atoms with Crippen molar-refractivity contribution in [2.45, 2.75) is 33.1 Å². The lowest BCUT2D eigenvalue weighted by molar-refractivity contribution is 0.122. The Hall–Kier alpha value is -3.19. The third-order valence-corrected chi connectivity index (χ3v) is 5.25. The van der Waals surface area contributed by atoms with Crippen LogP contribution in [-0.4, -0.2) is 41.3 Å². The molecule has 0 saturated carbocycles. The van der Waals surface area contributed by atoms with Crippen molar-refractivity contribution in [1.82, 2.24) is 15.0 Å². The minimum Gasteiger partial charge on any atom is -0.378 e. The van der Waals surface area contributed by atoms with E-state index in [9.17, 15) is 0 Å². The number of nitrogens with one attached hydrogen (secondary N) is 2. The van der Waals surface area contributed by atoms with E-state index in [-0.39, 0.29) is 0 Å². The lowest BCUT2D eigenvalue weighted by Gasteiger charge is -2.27. The van der Waals surface area contributed by atoms with Crippen molar-refractivity contribution in [1.29, 1.82) is 0 Å². The molecule has 4 rings (SSSR count). The number of unbranched alkanes of at least 4 members (excludes halogenated alkanes) is 1. The van der Waals surface area contributed by atoms with E-state index in [4.69, 9.17) is 4.74 Å². The molecule has 1 aromatic heterocycles. The Bertz CT molecular complexity index is 968. The van der Waals surface area contributed by atoms with Crippen LogP contribution < -0.4 is 15.5 Å². The normalized spacial score (nSPS) is 13.8. The average Bonchev–Trinajstić information content (AvgIpc) is 2.81. The standard InChI is InChI=1S/C24H30N6O/c1-3-4-5-19-8-12-21(13-9-19)26-23-27-22(25-20-10-6-18(2)7-11-20)28-24(29-23)30-14-16-31-17-15-30/h6-13H,3-5,14-17H2,1-2H3,(H2,25,26,27,28,29). The smallest absolute Gasteiger partial charge is 0.233 e. The zero-order chi connectivity index (χ0) is 21.5. The molecule has 2 aromatic carbocycles. The Morgan fingerprint density at radius 2 is 1.42 bits per heavy atom. The van der Waals surface area contributed by atoms with Crippen LogP contribution in [0, 0.1) is 6.92 Å². The second-order valence-electron chi connectivity index (χ2n) is 7.80. The van der Waals surface area contributed by atoms with Gasteiger partial charge < -0.3 is 20.3 Å². The number of hydrogen-bond acceptors (Lipinski definition) is 7. The summed E-state index contributed by atoms with van der Waals surface area (Å²) in [6.07, 6.45) is 3.51.